The van der Waals surface area contributed by atoms with Gasteiger partial charge in [-0.15, -0.1) is 0 Å². The van der Waals surface area contributed by atoms with Crippen molar-refractivity contribution in [3.63, 3.8) is 0 Å². The zero-order valence-corrected chi connectivity index (χ0v) is 11.2. The van der Waals surface area contributed by atoms with Crippen molar-refractivity contribution in [2.45, 2.75) is 20.3 Å². The van der Waals surface area contributed by atoms with Crippen LogP contribution in [0.3, 0.4) is 0 Å². The van der Waals surface area contributed by atoms with Gasteiger partial charge in [0.15, 0.2) is 0 Å². The van der Waals surface area contributed by atoms with Gasteiger partial charge < -0.3 is 0 Å². The fourth-order valence-corrected chi connectivity index (χ4v) is 2.14. The number of nitrogens with zero attached hydrogens (tertiary/aromatic N) is 1. The predicted octanol–water partition coefficient (Wildman–Crippen LogP) is 4.74. The van der Waals surface area contributed by atoms with E-state index in [4.69, 9.17) is 11.6 Å². The summed E-state index contributed by atoms with van der Waals surface area (Å²) in [5.74, 6) is 0.271. The van der Waals surface area contributed by atoms with Crippen LogP contribution in [0.15, 0.2) is 36.5 Å². The van der Waals surface area contributed by atoms with Gasteiger partial charge in [0.25, 0.3) is 0 Å². The fourth-order valence-electron chi connectivity index (χ4n) is 1.87. The van der Waals surface area contributed by atoms with E-state index in [2.05, 4.69) is 18.8 Å². The smallest absolute Gasteiger partial charge is 0.124 e. The van der Waals surface area contributed by atoms with Crippen LogP contribution < -0.4 is 0 Å². The maximum absolute atomic E-state index is 13.0. The molecule has 0 N–H and O–H groups in total. The number of hydrogen-bond donors (Lipinski definition) is 0. The molecule has 0 aliphatic heterocycles. The first-order valence-electron chi connectivity index (χ1n) is 5.96. The molecule has 0 aliphatic rings. The van der Waals surface area contributed by atoms with E-state index in [1.807, 2.05) is 18.3 Å². The van der Waals surface area contributed by atoms with Gasteiger partial charge in [0.05, 0.1) is 10.7 Å². The number of rotatable bonds is 3. The van der Waals surface area contributed by atoms with E-state index in [1.165, 1.54) is 17.7 Å². The average Bonchev–Trinajstić information content (AvgIpc) is 2.30. The summed E-state index contributed by atoms with van der Waals surface area (Å²) in [6.07, 6.45) is 2.86. The quantitative estimate of drug-likeness (QED) is 0.779. The molecule has 0 fully saturated rings. The van der Waals surface area contributed by atoms with E-state index >= 15 is 0 Å². The lowest BCUT2D eigenvalue weighted by atomic mass is 10.0. The molecule has 0 unspecified atom stereocenters. The molecule has 2 rings (SSSR count). The summed E-state index contributed by atoms with van der Waals surface area (Å²) < 4.78 is 13.0. The number of benzene rings is 1. The molecule has 0 saturated heterocycles. The molecular weight excluding hydrogens is 249 g/mol. The van der Waals surface area contributed by atoms with Crippen LogP contribution in [-0.2, 0) is 6.42 Å². The van der Waals surface area contributed by atoms with Gasteiger partial charge >= 0.3 is 0 Å². The lowest BCUT2D eigenvalue weighted by Gasteiger charge is -2.07. The minimum absolute atomic E-state index is 0.333. The van der Waals surface area contributed by atoms with Crippen LogP contribution >= 0.6 is 11.6 Å². The molecule has 0 amide bonds. The second-order valence-corrected chi connectivity index (χ2v) is 5.18. The molecule has 0 radical (unpaired) electrons. The van der Waals surface area contributed by atoms with Gasteiger partial charge in [0.1, 0.15) is 5.82 Å². The Bertz CT molecular complexity index is 535. The van der Waals surface area contributed by atoms with E-state index in [0.29, 0.717) is 10.9 Å². The van der Waals surface area contributed by atoms with Gasteiger partial charge in [-0.25, -0.2) is 4.39 Å². The molecular formula is C15H15ClFN. The highest BCUT2D eigenvalue weighted by Crippen LogP contribution is 2.27. The van der Waals surface area contributed by atoms with Crippen LogP contribution in [-0.4, -0.2) is 4.98 Å². The highest BCUT2D eigenvalue weighted by Gasteiger charge is 2.06. The van der Waals surface area contributed by atoms with Crippen LogP contribution in [0.2, 0.25) is 5.02 Å². The maximum atomic E-state index is 13.0. The Hall–Kier alpha value is -1.41. The van der Waals surface area contributed by atoms with Crippen molar-refractivity contribution in [1.29, 1.82) is 0 Å². The van der Waals surface area contributed by atoms with Crippen molar-refractivity contribution < 1.29 is 4.39 Å². The largest absolute Gasteiger partial charge is 0.256 e. The summed E-state index contributed by atoms with van der Waals surface area (Å²) in [4.78, 5) is 4.39. The summed E-state index contributed by atoms with van der Waals surface area (Å²) in [5.41, 5.74) is 2.73. The number of hydrogen-bond acceptors (Lipinski definition) is 1. The normalized spacial score (nSPS) is 10.9. The second kappa shape index (κ2) is 5.49. The first-order chi connectivity index (χ1) is 8.56. The number of pyridine rings is 1. The van der Waals surface area contributed by atoms with Gasteiger partial charge in [0.2, 0.25) is 0 Å². The molecule has 0 aliphatic carbocycles. The molecule has 1 aromatic carbocycles. The minimum atomic E-state index is -0.333. The Morgan fingerprint density at radius 2 is 2.00 bits per heavy atom. The Morgan fingerprint density at radius 1 is 1.22 bits per heavy atom. The molecule has 94 valence electrons. The molecule has 0 saturated carbocycles. The second-order valence-electron chi connectivity index (χ2n) is 4.77. The summed E-state index contributed by atoms with van der Waals surface area (Å²) >= 11 is 6.01. The number of aromatic nitrogens is 1. The fraction of sp³-hybridized carbons (Fsp3) is 0.267. The lowest BCUT2D eigenvalue weighted by molar-refractivity contribution is 0.628. The van der Waals surface area contributed by atoms with Crippen molar-refractivity contribution in [3.8, 4) is 11.3 Å². The van der Waals surface area contributed by atoms with Gasteiger partial charge in [-0.3, -0.25) is 4.98 Å². The molecule has 0 spiro atoms. The summed E-state index contributed by atoms with van der Waals surface area (Å²) in [7, 11) is 0. The third-order valence-electron chi connectivity index (χ3n) is 2.68. The Kier molecular flexibility index (Phi) is 3.97. The molecule has 1 nitrogen and oxygen atoms in total. The van der Waals surface area contributed by atoms with Gasteiger partial charge in [-0.2, -0.15) is 0 Å². The van der Waals surface area contributed by atoms with Crippen LogP contribution in [0.25, 0.3) is 11.3 Å². The van der Waals surface area contributed by atoms with Crippen LogP contribution in [0.4, 0.5) is 4.39 Å². The van der Waals surface area contributed by atoms with Crippen molar-refractivity contribution in [2.24, 2.45) is 5.92 Å². The third-order valence-corrected chi connectivity index (χ3v) is 2.99. The SMILES string of the molecule is CC(C)Cc1ccc(-c2ccc(F)cc2Cl)nc1. The Morgan fingerprint density at radius 3 is 2.56 bits per heavy atom. The van der Waals surface area contributed by atoms with Crippen molar-refractivity contribution >= 4 is 11.6 Å². The van der Waals surface area contributed by atoms with Gasteiger partial charge in [-0.1, -0.05) is 31.5 Å². The Balaban J connectivity index is 2.28. The average molecular weight is 264 g/mol. The molecule has 0 atom stereocenters. The molecule has 1 aromatic heterocycles. The van der Waals surface area contributed by atoms with Crippen LogP contribution in [0, 0.1) is 11.7 Å². The highest BCUT2D eigenvalue weighted by atomic mass is 35.5. The third kappa shape index (κ3) is 3.08. The standard InChI is InChI=1S/C15H15ClFN/c1-10(2)7-11-3-6-15(18-9-11)13-5-4-12(17)8-14(13)16/h3-6,8-10H,7H2,1-2H3. The molecule has 2 aromatic rings. The zero-order chi connectivity index (χ0) is 13.1. The molecule has 3 heteroatoms. The van der Waals surface area contributed by atoms with E-state index in [0.717, 1.165) is 17.7 Å². The summed E-state index contributed by atoms with van der Waals surface area (Å²) in [6, 6.07) is 8.33. The van der Waals surface area contributed by atoms with Crippen LogP contribution in [0.1, 0.15) is 19.4 Å². The Labute approximate surface area is 112 Å². The van der Waals surface area contributed by atoms with Crippen molar-refractivity contribution in [2.75, 3.05) is 0 Å². The monoisotopic (exact) mass is 263 g/mol. The molecule has 0 bridgehead atoms. The first kappa shape index (κ1) is 13.0. The van der Waals surface area contributed by atoms with E-state index in [1.54, 1.807) is 6.07 Å². The van der Waals surface area contributed by atoms with Crippen molar-refractivity contribution in [3.05, 3.63) is 52.9 Å². The van der Waals surface area contributed by atoms with E-state index in [9.17, 15) is 4.39 Å². The molecule has 1 heterocycles. The summed E-state index contributed by atoms with van der Waals surface area (Å²) in [6.45, 7) is 4.34. The minimum Gasteiger partial charge on any atom is -0.256 e. The van der Waals surface area contributed by atoms with Gasteiger partial charge in [-0.05, 0) is 42.2 Å². The predicted molar refractivity (Wildman–Crippen MR) is 73.2 cm³/mol. The van der Waals surface area contributed by atoms with Crippen molar-refractivity contribution in [1.82, 2.24) is 4.98 Å². The van der Waals surface area contributed by atoms with E-state index in [-0.39, 0.29) is 5.82 Å². The van der Waals surface area contributed by atoms with E-state index < -0.39 is 0 Å². The number of halogens is 2. The lowest BCUT2D eigenvalue weighted by Crippen LogP contribution is -1.95. The topological polar surface area (TPSA) is 12.9 Å². The maximum Gasteiger partial charge on any atom is 0.124 e. The zero-order valence-electron chi connectivity index (χ0n) is 10.5. The first-order valence-corrected chi connectivity index (χ1v) is 6.34. The van der Waals surface area contributed by atoms with Gasteiger partial charge in [0, 0.05) is 11.8 Å². The summed E-state index contributed by atoms with van der Waals surface area (Å²) in [5, 5.41) is 0.388. The molecule has 18 heavy (non-hydrogen) atoms. The van der Waals surface area contributed by atoms with Crippen LogP contribution in [0.5, 0.6) is 0 Å². The highest BCUT2D eigenvalue weighted by molar-refractivity contribution is 6.33.